The van der Waals surface area contributed by atoms with Gasteiger partial charge in [-0.15, -0.1) is 0 Å². The second-order valence-corrected chi connectivity index (χ2v) is 10.2. The topological polar surface area (TPSA) is 75.7 Å². The Morgan fingerprint density at radius 1 is 1.00 bits per heavy atom. The van der Waals surface area contributed by atoms with Gasteiger partial charge in [-0.25, -0.2) is 8.42 Å². The number of piperidine rings is 1. The van der Waals surface area contributed by atoms with Crippen LogP contribution in [0.2, 0.25) is 5.02 Å². The fraction of sp³-hybridized carbons (Fsp3) is 0.292. The van der Waals surface area contributed by atoms with Gasteiger partial charge in [-0.05, 0) is 60.0 Å². The molecule has 1 fully saturated rings. The molecule has 1 aliphatic rings. The summed E-state index contributed by atoms with van der Waals surface area (Å²) in [5.41, 5.74) is 0. The van der Waals surface area contributed by atoms with Gasteiger partial charge in [-0.3, -0.25) is 4.79 Å². The summed E-state index contributed by atoms with van der Waals surface area (Å²) in [5, 5.41) is 5.41. The Morgan fingerprint density at radius 2 is 1.69 bits per heavy atom. The molecule has 3 aromatic carbocycles. The summed E-state index contributed by atoms with van der Waals surface area (Å²) in [7, 11) is -3.59. The highest BCUT2D eigenvalue weighted by atomic mass is 35.5. The number of carbonyl (C=O) groups excluding carboxylic acids is 1. The number of rotatable bonds is 7. The first-order valence-corrected chi connectivity index (χ1v) is 12.4. The van der Waals surface area contributed by atoms with Crippen molar-refractivity contribution in [1.29, 1.82) is 0 Å². The van der Waals surface area contributed by atoms with Crippen molar-refractivity contribution >= 4 is 38.3 Å². The van der Waals surface area contributed by atoms with E-state index in [2.05, 4.69) is 5.32 Å². The number of hydrogen-bond donors (Lipinski definition) is 1. The maximum Gasteiger partial charge on any atom is 0.243 e. The van der Waals surface area contributed by atoms with Crippen LogP contribution in [0.15, 0.2) is 71.6 Å². The molecule has 6 nitrogen and oxygen atoms in total. The lowest BCUT2D eigenvalue weighted by Gasteiger charge is -2.30. The Labute approximate surface area is 193 Å². The second kappa shape index (κ2) is 9.90. The molecule has 1 amide bonds. The zero-order valence-electron chi connectivity index (χ0n) is 17.5. The highest BCUT2D eigenvalue weighted by molar-refractivity contribution is 7.89. The molecule has 8 heteroatoms. The van der Waals surface area contributed by atoms with E-state index in [9.17, 15) is 13.2 Å². The van der Waals surface area contributed by atoms with Gasteiger partial charge in [0, 0.05) is 24.0 Å². The van der Waals surface area contributed by atoms with Crippen LogP contribution in [0.5, 0.6) is 5.75 Å². The summed E-state index contributed by atoms with van der Waals surface area (Å²) < 4.78 is 33.2. The lowest BCUT2D eigenvalue weighted by atomic mass is 9.97. The third-order valence-electron chi connectivity index (χ3n) is 5.67. The smallest absolute Gasteiger partial charge is 0.243 e. The Hall–Kier alpha value is -2.61. The van der Waals surface area contributed by atoms with Crippen LogP contribution in [0, 0.1) is 5.92 Å². The fourth-order valence-corrected chi connectivity index (χ4v) is 5.49. The van der Waals surface area contributed by atoms with Crippen LogP contribution in [0.25, 0.3) is 10.8 Å². The summed E-state index contributed by atoms with van der Waals surface area (Å²) in [6, 6.07) is 19.9. The van der Waals surface area contributed by atoms with Gasteiger partial charge in [-0.1, -0.05) is 41.9 Å². The molecule has 0 radical (unpaired) electrons. The highest BCUT2D eigenvalue weighted by Gasteiger charge is 2.32. The van der Waals surface area contributed by atoms with Crippen LogP contribution in [0.4, 0.5) is 0 Å². The predicted octanol–water partition coefficient (Wildman–Crippen LogP) is 4.09. The summed E-state index contributed by atoms with van der Waals surface area (Å²) >= 11 is 5.84. The number of ether oxygens (including phenoxy) is 1. The standard InChI is InChI=1S/C24H25ClN2O4S/c25-21-6-8-22(9-7-21)31-16-13-26-24(28)19-11-14-27(15-12-19)32(29,30)23-10-5-18-3-1-2-4-20(18)17-23/h1-10,17,19H,11-16H2,(H,26,28). The van der Waals surface area contributed by atoms with Crippen molar-refractivity contribution in [3.8, 4) is 5.75 Å². The van der Waals surface area contributed by atoms with Crippen molar-refractivity contribution in [1.82, 2.24) is 9.62 Å². The zero-order chi connectivity index (χ0) is 22.6. The molecule has 0 aromatic heterocycles. The Kier molecular flexibility index (Phi) is 6.98. The molecule has 1 aliphatic heterocycles. The van der Waals surface area contributed by atoms with E-state index in [1.165, 1.54) is 4.31 Å². The van der Waals surface area contributed by atoms with Gasteiger partial charge in [-0.2, -0.15) is 4.31 Å². The average molecular weight is 473 g/mol. The third-order valence-corrected chi connectivity index (χ3v) is 7.81. The molecule has 3 aromatic rings. The van der Waals surface area contributed by atoms with Crippen LogP contribution in [-0.4, -0.2) is 44.9 Å². The predicted molar refractivity (Wildman–Crippen MR) is 125 cm³/mol. The van der Waals surface area contributed by atoms with Crippen molar-refractivity contribution in [2.24, 2.45) is 5.92 Å². The maximum atomic E-state index is 13.1. The molecular weight excluding hydrogens is 448 g/mol. The van der Waals surface area contributed by atoms with E-state index in [4.69, 9.17) is 16.3 Å². The first kappa shape index (κ1) is 22.6. The van der Waals surface area contributed by atoms with Crippen LogP contribution in [0.1, 0.15) is 12.8 Å². The average Bonchev–Trinajstić information content (AvgIpc) is 2.82. The van der Waals surface area contributed by atoms with Gasteiger partial charge >= 0.3 is 0 Å². The minimum absolute atomic E-state index is 0.0625. The Balaban J connectivity index is 1.27. The van der Waals surface area contributed by atoms with E-state index in [0.717, 1.165) is 10.8 Å². The van der Waals surface area contributed by atoms with Gasteiger partial charge in [0.25, 0.3) is 0 Å². The Bertz CT molecular complexity index is 1190. The van der Waals surface area contributed by atoms with E-state index in [-0.39, 0.29) is 11.8 Å². The van der Waals surface area contributed by atoms with Crippen molar-refractivity contribution < 1.29 is 17.9 Å². The summed E-state index contributed by atoms with van der Waals surface area (Å²) in [5.74, 6) is 0.428. The molecule has 1 heterocycles. The minimum atomic E-state index is -3.59. The van der Waals surface area contributed by atoms with Crippen molar-refractivity contribution in [2.75, 3.05) is 26.2 Å². The lowest BCUT2D eigenvalue weighted by molar-refractivity contribution is -0.126. The molecule has 0 spiro atoms. The minimum Gasteiger partial charge on any atom is -0.492 e. The Morgan fingerprint density at radius 3 is 2.41 bits per heavy atom. The molecule has 1 saturated heterocycles. The second-order valence-electron chi connectivity index (χ2n) is 7.78. The molecule has 0 atom stereocenters. The maximum absolute atomic E-state index is 13.1. The van der Waals surface area contributed by atoms with Crippen molar-refractivity contribution in [3.63, 3.8) is 0 Å². The van der Waals surface area contributed by atoms with Crippen LogP contribution < -0.4 is 10.1 Å². The first-order chi connectivity index (χ1) is 15.4. The molecule has 0 bridgehead atoms. The van der Waals surface area contributed by atoms with Gasteiger partial charge in [0.2, 0.25) is 15.9 Å². The number of benzene rings is 3. The normalized spacial score (nSPS) is 15.5. The molecular formula is C24H25ClN2O4S. The largest absolute Gasteiger partial charge is 0.492 e. The number of nitrogens with zero attached hydrogens (tertiary/aromatic N) is 1. The zero-order valence-corrected chi connectivity index (χ0v) is 19.1. The summed E-state index contributed by atoms with van der Waals surface area (Å²) in [4.78, 5) is 12.8. The van der Waals surface area contributed by atoms with Gasteiger partial charge in [0.1, 0.15) is 12.4 Å². The molecule has 32 heavy (non-hydrogen) atoms. The first-order valence-electron chi connectivity index (χ1n) is 10.6. The molecule has 4 rings (SSSR count). The monoisotopic (exact) mass is 472 g/mol. The molecule has 168 valence electrons. The SMILES string of the molecule is O=C(NCCOc1ccc(Cl)cc1)C1CCN(S(=O)(=O)c2ccc3ccccc3c2)CC1. The van der Waals surface area contributed by atoms with E-state index in [1.54, 1.807) is 36.4 Å². The molecule has 0 aliphatic carbocycles. The third kappa shape index (κ3) is 5.23. The molecule has 1 N–H and O–H groups in total. The number of amides is 1. The summed E-state index contributed by atoms with van der Waals surface area (Å²) in [6.07, 6.45) is 0.993. The highest BCUT2D eigenvalue weighted by Crippen LogP contribution is 2.26. The van der Waals surface area contributed by atoms with Gasteiger partial charge in [0.15, 0.2) is 0 Å². The van der Waals surface area contributed by atoms with Crippen molar-refractivity contribution in [2.45, 2.75) is 17.7 Å². The van der Waals surface area contributed by atoms with E-state index >= 15 is 0 Å². The van der Waals surface area contributed by atoms with Crippen LogP contribution in [-0.2, 0) is 14.8 Å². The van der Waals surface area contributed by atoms with Crippen LogP contribution in [0.3, 0.4) is 0 Å². The number of hydrogen-bond acceptors (Lipinski definition) is 4. The number of halogens is 1. The number of nitrogens with one attached hydrogen (secondary N) is 1. The number of fused-ring (bicyclic) bond motifs is 1. The fourth-order valence-electron chi connectivity index (χ4n) is 3.85. The lowest BCUT2D eigenvalue weighted by Crippen LogP contribution is -2.43. The summed E-state index contributed by atoms with van der Waals surface area (Å²) in [6.45, 7) is 1.39. The number of sulfonamides is 1. The van der Waals surface area contributed by atoms with E-state index in [1.807, 2.05) is 30.3 Å². The van der Waals surface area contributed by atoms with Gasteiger partial charge < -0.3 is 10.1 Å². The quantitative estimate of drug-likeness (QED) is 0.525. The van der Waals surface area contributed by atoms with Crippen molar-refractivity contribution in [3.05, 3.63) is 71.8 Å². The van der Waals surface area contributed by atoms with E-state index < -0.39 is 10.0 Å². The molecule has 0 saturated carbocycles. The van der Waals surface area contributed by atoms with Gasteiger partial charge in [0.05, 0.1) is 11.4 Å². The van der Waals surface area contributed by atoms with E-state index in [0.29, 0.717) is 54.8 Å². The van der Waals surface area contributed by atoms with Crippen LogP contribution >= 0.6 is 11.6 Å². The number of carbonyl (C=O) groups is 1. The molecule has 0 unspecified atom stereocenters.